The van der Waals surface area contributed by atoms with E-state index in [4.69, 9.17) is 10.8 Å². The SMILES string of the molecule is CC(C)CCNC(N)=NCC(C)CO. The largest absolute Gasteiger partial charge is 0.396 e. The first-order valence-corrected chi connectivity index (χ1v) is 5.21. The Bertz CT molecular complexity index is 169. The maximum atomic E-state index is 8.77. The summed E-state index contributed by atoms with van der Waals surface area (Å²) >= 11 is 0. The summed E-state index contributed by atoms with van der Waals surface area (Å²) in [5.41, 5.74) is 5.62. The van der Waals surface area contributed by atoms with E-state index in [1.54, 1.807) is 0 Å². The van der Waals surface area contributed by atoms with Gasteiger partial charge in [0.05, 0.1) is 0 Å². The number of aliphatic hydroxyl groups excluding tert-OH is 1. The van der Waals surface area contributed by atoms with Gasteiger partial charge in [-0.1, -0.05) is 20.8 Å². The van der Waals surface area contributed by atoms with E-state index >= 15 is 0 Å². The number of aliphatic hydroxyl groups is 1. The van der Waals surface area contributed by atoms with Crippen molar-refractivity contribution in [2.45, 2.75) is 27.2 Å². The molecule has 4 N–H and O–H groups in total. The normalized spacial score (nSPS) is 14.5. The molecule has 84 valence electrons. The van der Waals surface area contributed by atoms with Gasteiger partial charge in [0.2, 0.25) is 0 Å². The summed E-state index contributed by atoms with van der Waals surface area (Å²) in [6.45, 7) is 7.87. The molecule has 4 heteroatoms. The predicted octanol–water partition coefficient (Wildman–Crippen LogP) is 0.565. The van der Waals surface area contributed by atoms with Crippen LogP contribution in [0.2, 0.25) is 0 Å². The molecule has 0 rings (SSSR count). The molecular formula is C10H23N3O. The van der Waals surface area contributed by atoms with Crippen LogP contribution in [-0.4, -0.2) is 30.8 Å². The van der Waals surface area contributed by atoms with Crippen LogP contribution in [0.4, 0.5) is 0 Å². The standard InChI is InChI=1S/C10H23N3O/c1-8(2)4-5-12-10(11)13-6-9(3)7-14/h8-9,14H,4-7H2,1-3H3,(H3,11,12,13). The molecule has 0 aliphatic heterocycles. The Kier molecular flexibility index (Phi) is 7.20. The predicted molar refractivity (Wildman–Crippen MR) is 60.2 cm³/mol. The molecule has 14 heavy (non-hydrogen) atoms. The van der Waals surface area contributed by atoms with E-state index in [0.29, 0.717) is 18.4 Å². The van der Waals surface area contributed by atoms with Crippen LogP contribution < -0.4 is 11.1 Å². The first-order valence-electron chi connectivity index (χ1n) is 5.21. The lowest BCUT2D eigenvalue weighted by atomic mass is 10.1. The van der Waals surface area contributed by atoms with E-state index in [0.717, 1.165) is 13.0 Å². The molecule has 0 radical (unpaired) electrons. The van der Waals surface area contributed by atoms with Crippen molar-refractivity contribution in [1.82, 2.24) is 5.32 Å². The lowest BCUT2D eigenvalue weighted by Crippen LogP contribution is -2.33. The summed E-state index contributed by atoms with van der Waals surface area (Å²) in [5.74, 6) is 1.33. The van der Waals surface area contributed by atoms with Crippen LogP contribution in [0, 0.1) is 11.8 Å². The van der Waals surface area contributed by atoms with E-state index in [2.05, 4.69) is 24.2 Å². The lowest BCUT2D eigenvalue weighted by molar-refractivity contribution is 0.241. The van der Waals surface area contributed by atoms with Crippen molar-refractivity contribution in [3.8, 4) is 0 Å². The van der Waals surface area contributed by atoms with Crippen molar-refractivity contribution in [3.05, 3.63) is 0 Å². The van der Waals surface area contributed by atoms with Gasteiger partial charge < -0.3 is 16.2 Å². The monoisotopic (exact) mass is 201 g/mol. The van der Waals surface area contributed by atoms with Crippen molar-refractivity contribution in [2.75, 3.05) is 19.7 Å². The Labute approximate surface area is 86.6 Å². The highest BCUT2D eigenvalue weighted by Gasteiger charge is 1.98. The van der Waals surface area contributed by atoms with Gasteiger partial charge in [0.25, 0.3) is 0 Å². The molecule has 0 bridgehead atoms. The molecule has 4 nitrogen and oxygen atoms in total. The number of aliphatic imine (C=N–C) groups is 1. The van der Waals surface area contributed by atoms with Gasteiger partial charge in [-0.2, -0.15) is 0 Å². The number of nitrogens with two attached hydrogens (primary N) is 1. The first-order chi connectivity index (χ1) is 6.56. The van der Waals surface area contributed by atoms with Gasteiger partial charge in [0, 0.05) is 19.7 Å². The fraction of sp³-hybridized carbons (Fsp3) is 0.900. The van der Waals surface area contributed by atoms with Gasteiger partial charge in [0.1, 0.15) is 0 Å². The van der Waals surface area contributed by atoms with Crippen LogP contribution in [0.15, 0.2) is 4.99 Å². The van der Waals surface area contributed by atoms with Crippen molar-refractivity contribution in [3.63, 3.8) is 0 Å². The zero-order valence-corrected chi connectivity index (χ0v) is 9.45. The number of rotatable bonds is 6. The first kappa shape index (κ1) is 13.2. The van der Waals surface area contributed by atoms with E-state index in [9.17, 15) is 0 Å². The highest BCUT2D eigenvalue weighted by atomic mass is 16.3. The molecule has 0 aromatic rings. The molecule has 0 aromatic carbocycles. The summed E-state index contributed by atoms with van der Waals surface area (Å²) in [6, 6.07) is 0. The Balaban J connectivity index is 3.56. The third kappa shape index (κ3) is 7.86. The molecule has 0 saturated carbocycles. The van der Waals surface area contributed by atoms with E-state index in [-0.39, 0.29) is 12.5 Å². The third-order valence-electron chi connectivity index (χ3n) is 1.91. The Morgan fingerprint density at radius 1 is 1.43 bits per heavy atom. The Morgan fingerprint density at radius 2 is 2.07 bits per heavy atom. The number of hydrogen-bond donors (Lipinski definition) is 3. The molecule has 0 aliphatic rings. The highest BCUT2D eigenvalue weighted by Crippen LogP contribution is 1.96. The molecule has 0 aromatic heterocycles. The van der Waals surface area contributed by atoms with Crippen molar-refractivity contribution >= 4 is 5.96 Å². The number of guanidine groups is 1. The van der Waals surface area contributed by atoms with Crippen LogP contribution in [0.1, 0.15) is 27.2 Å². The third-order valence-corrected chi connectivity index (χ3v) is 1.91. The average Bonchev–Trinajstić information content (AvgIpc) is 2.13. The minimum absolute atomic E-state index is 0.156. The highest BCUT2D eigenvalue weighted by molar-refractivity contribution is 5.77. The minimum Gasteiger partial charge on any atom is -0.396 e. The van der Waals surface area contributed by atoms with Crippen molar-refractivity contribution < 1.29 is 5.11 Å². The fourth-order valence-corrected chi connectivity index (χ4v) is 0.857. The molecule has 0 amide bonds. The van der Waals surface area contributed by atoms with Crippen LogP contribution in [0.3, 0.4) is 0 Å². The maximum Gasteiger partial charge on any atom is 0.188 e. The fourth-order valence-electron chi connectivity index (χ4n) is 0.857. The molecule has 0 fully saturated rings. The summed E-state index contributed by atoms with van der Waals surface area (Å²) < 4.78 is 0. The number of nitrogens with zero attached hydrogens (tertiary/aromatic N) is 1. The molecule has 0 heterocycles. The summed E-state index contributed by atoms with van der Waals surface area (Å²) in [6.07, 6.45) is 1.09. The van der Waals surface area contributed by atoms with Crippen molar-refractivity contribution in [1.29, 1.82) is 0 Å². The lowest BCUT2D eigenvalue weighted by Gasteiger charge is -2.08. The maximum absolute atomic E-state index is 8.77. The summed E-state index contributed by atoms with van der Waals surface area (Å²) in [4.78, 5) is 4.12. The smallest absolute Gasteiger partial charge is 0.188 e. The van der Waals surface area contributed by atoms with Gasteiger partial charge >= 0.3 is 0 Å². The quantitative estimate of drug-likeness (QED) is 0.434. The molecule has 1 unspecified atom stereocenters. The molecule has 0 saturated heterocycles. The minimum atomic E-state index is 0.156. The van der Waals surface area contributed by atoms with Gasteiger partial charge in [-0.25, -0.2) is 0 Å². The topological polar surface area (TPSA) is 70.6 Å². The molecular weight excluding hydrogens is 178 g/mol. The van der Waals surface area contributed by atoms with E-state index in [1.165, 1.54) is 0 Å². The van der Waals surface area contributed by atoms with Crippen LogP contribution in [-0.2, 0) is 0 Å². The molecule has 0 spiro atoms. The summed E-state index contributed by atoms with van der Waals surface area (Å²) in [7, 11) is 0. The zero-order valence-electron chi connectivity index (χ0n) is 9.45. The number of nitrogens with one attached hydrogen (secondary N) is 1. The number of hydrogen-bond acceptors (Lipinski definition) is 2. The molecule has 0 aliphatic carbocycles. The van der Waals surface area contributed by atoms with Crippen LogP contribution in [0.5, 0.6) is 0 Å². The van der Waals surface area contributed by atoms with Crippen LogP contribution >= 0.6 is 0 Å². The van der Waals surface area contributed by atoms with Gasteiger partial charge in [-0.3, -0.25) is 4.99 Å². The Morgan fingerprint density at radius 3 is 2.57 bits per heavy atom. The van der Waals surface area contributed by atoms with E-state index < -0.39 is 0 Å². The second-order valence-corrected chi connectivity index (χ2v) is 4.12. The zero-order chi connectivity index (χ0) is 11.0. The van der Waals surface area contributed by atoms with Gasteiger partial charge in [-0.15, -0.1) is 0 Å². The second kappa shape index (κ2) is 7.62. The molecule has 1 atom stereocenters. The summed E-state index contributed by atoms with van der Waals surface area (Å²) in [5, 5.41) is 11.8. The average molecular weight is 201 g/mol. The van der Waals surface area contributed by atoms with Gasteiger partial charge in [0.15, 0.2) is 5.96 Å². The van der Waals surface area contributed by atoms with Crippen LogP contribution in [0.25, 0.3) is 0 Å². The Hall–Kier alpha value is -0.770. The van der Waals surface area contributed by atoms with E-state index in [1.807, 2.05) is 6.92 Å². The van der Waals surface area contributed by atoms with Gasteiger partial charge in [-0.05, 0) is 18.3 Å². The second-order valence-electron chi connectivity index (χ2n) is 4.12. The van der Waals surface area contributed by atoms with Crippen molar-refractivity contribution in [2.24, 2.45) is 22.6 Å².